The van der Waals surface area contributed by atoms with Crippen LogP contribution in [0, 0.1) is 6.92 Å². The van der Waals surface area contributed by atoms with E-state index in [-0.39, 0.29) is 0 Å². The molecule has 3 heteroatoms. The average Bonchev–Trinajstić information content (AvgIpc) is 2.59. The van der Waals surface area contributed by atoms with Crippen LogP contribution in [0.25, 0.3) is 10.9 Å². The second-order valence-corrected chi connectivity index (χ2v) is 4.76. The van der Waals surface area contributed by atoms with Crippen LogP contribution in [0.1, 0.15) is 41.4 Å². The van der Waals surface area contributed by atoms with Crippen molar-refractivity contribution < 1.29 is 9.90 Å². The number of carboxylic acid groups (broad SMARTS) is 1. The van der Waals surface area contributed by atoms with E-state index >= 15 is 0 Å². The Labute approximate surface area is 107 Å². The molecule has 1 aromatic carbocycles. The summed E-state index contributed by atoms with van der Waals surface area (Å²) in [5.41, 5.74) is 4.01. The van der Waals surface area contributed by atoms with Crippen LogP contribution in [0.15, 0.2) is 18.2 Å². The molecule has 1 N–H and O–H groups in total. The zero-order chi connectivity index (χ0) is 13.3. The summed E-state index contributed by atoms with van der Waals surface area (Å²) in [6.07, 6.45) is 3.30. The van der Waals surface area contributed by atoms with Crippen LogP contribution >= 0.6 is 0 Å². The molecule has 0 saturated carbocycles. The highest BCUT2D eigenvalue weighted by atomic mass is 16.4. The second-order valence-electron chi connectivity index (χ2n) is 4.76. The summed E-state index contributed by atoms with van der Waals surface area (Å²) in [5.74, 6) is -0.861. The van der Waals surface area contributed by atoms with Crippen LogP contribution in [-0.4, -0.2) is 15.6 Å². The molecule has 0 aliphatic heterocycles. The summed E-state index contributed by atoms with van der Waals surface area (Å²) in [7, 11) is 2.04. The van der Waals surface area contributed by atoms with Crippen molar-refractivity contribution in [3.05, 3.63) is 35.0 Å². The van der Waals surface area contributed by atoms with Crippen LogP contribution in [0.3, 0.4) is 0 Å². The Morgan fingerprint density at radius 1 is 1.39 bits per heavy atom. The number of hydrogen-bond acceptors (Lipinski definition) is 1. The fourth-order valence-electron chi connectivity index (χ4n) is 2.45. The zero-order valence-electron chi connectivity index (χ0n) is 11.2. The van der Waals surface area contributed by atoms with E-state index in [4.69, 9.17) is 5.11 Å². The quantitative estimate of drug-likeness (QED) is 0.895. The van der Waals surface area contributed by atoms with Gasteiger partial charge in [-0.05, 0) is 43.5 Å². The third-order valence-corrected chi connectivity index (χ3v) is 3.65. The van der Waals surface area contributed by atoms with E-state index in [1.807, 2.05) is 13.1 Å². The number of aryl methyl sites for hydroxylation is 2. The molecule has 0 aliphatic rings. The Bertz CT molecular complexity index is 596. The van der Waals surface area contributed by atoms with Gasteiger partial charge in [-0.2, -0.15) is 0 Å². The van der Waals surface area contributed by atoms with Crippen LogP contribution in [-0.2, 0) is 13.5 Å². The van der Waals surface area contributed by atoms with Gasteiger partial charge in [0.2, 0.25) is 0 Å². The van der Waals surface area contributed by atoms with Gasteiger partial charge >= 0.3 is 5.97 Å². The Balaban J connectivity index is 2.62. The van der Waals surface area contributed by atoms with E-state index in [9.17, 15) is 4.79 Å². The number of rotatable bonds is 4. The van der Waals surface area contributed by atoms with Gasteiger partial charge in [-0.15, -0.1) is 0 Å². The van der Waals surface area contributed by atoms with Gasteiger partial charge in [0.15, 0.2) is 0 Å². The van der Waals surface area contributed by atoms with Crippen molar-refractivity contribution in [3.8, 4) is 0 Å². The summed E-state index contributed by atoms with van der Waals surface area (Å²) in [6.45, 7) is 4.27. The van der Waals surface area contributed by atoms with E-state index in [1.54, 1.807) is 12.1 Å². The largest absolute Gasteiger partial charge is 0.478 e. The van der Waals surface area contributed by atoms with Gasteiger partial charge in [0.05, 0.1) is 5.56 Å². The number of aromatic nitrogens is 1. The fraction of sp³-hybridized carbons (Fsp3) is 0.400. The van der Waals surface area contributed by atoms with E-state index in [2.05, 4.69) is 18.4 Å². The molecule has 0 atom stereocenters. The molecule has 18 heavy (non-hydrogen) atoms. The molecule has 3 nitrogen and oxygen atoms in total. The fourth-order valence-corrected chi connectivity index (χ4v) is 2.45. The minimum absolute atomic E-state index is 0.367. The predicted octanol–water partition coefficient (Wildman–Crippen LogP) is 3.53. The van der Waals surface area contributed by atoms with Crippen LogP contribution in [0.4, 0.5) is 0 Å². The Kier molecular flexibility index (Phi) is 3.41. The van der Waals surface area contributed by atoms with Crippen molar-refractivity contribution in [3.63, 3.8) is 0 Å². The molecular weight excluding hydrogens is 226 g/mol. The highest BCUT2D eigenvalue weighted by Gasteiger charge is 2.13. The number of fused-ring (bicyclic) bond motifs is 1. The molecule has 0 aliphatic carbocycles. The topological polar surface area (TPSA) is 42.2 Å². The summed E-state index contributed by atoms with van der Waals surface area (Å²) in [4.78, 5) is 11.1. The summed E-state index contributed by atoms with van der Waals surface area (Å²) in [6, 6.07) is 5.38. The molecule has 96 valence electrons. The number of benzene rings is 1. The molecule has 0 bridgehead atoms. The molecule has 1 aromatic heterocycles. The molecule has 2 rings (SSSR count). The van der Waals surface area contributed by atoms with Crippen LogP contribution in [0.2, 0.25) is 0 Å². The number of carboxylic acids is 1. The predicted molar refractivity (Wildman–Crippen MR) is 73.2 cm³/mol. The maximum atomic E-state index is 11.1. The van der Waals surface area contributed by atoms with Gasteiger partial charge in [-0.3, -0.25) is 0 Å². The summed E-state index contributed by atoms with van der Waals surface area (Å²) >= 11 is 0. The molecule has 0 unspecified atom stereocenters. The Morgan fingerprint density at radius 3 is 2.72 bits per heavy atom. The van der Waals surface area contributed by atoms with Gasteiger partial charge in [0.1, 0.15) is 0 Å². The molecule has 0 amide bonds. The second kappa shape index (κ2) is 4.84. The average molecular weight is 245 g/mol. The molecule has 0 fully saturated rings. The van der Waals surface area contributed by atoms with Gasteiger partial charge in [0.25, 0.3) is 0 Å². The van der Waals surface area contributed by atoms with Crippen molar-refractivity contribution in [2.24, 2.45) is 7.05 Å². The highest BCUT2D eigenvalue weighted by Crippen LogP contribution is 2.27. The lowest BCUT2D eigenvalue weighted by molar-refractivity contribution is 0.0697. The zero-order valence-corrected chi connectivity index (χ0v) is 11.2. The first kappa shape index (κ1) is 12.7. The summed E-state index contributed by atoms with van der Waals surface area (Å²) < 4.78 is 2.14. The van der Waals surface area contributed by atoms with Crippen molar-refractivity contribution in [1.82, 2.24) is 4.57 Å². The number of unbranched alkanes of at least 4 members (excludes halogenated alkanes) is 1. The van der Waals surface area contributed by atoms with Crippen molar-refractivity contribution in [2.75, 3.05) is 0 Å². The first-order valence-electron chi connectivity index (χ1n) is 6.37. The van der Waals surface area contributed by atoms with Crippen molar-refractivity contribution in [2.45, 2.75) is 33.1 Å². The standard InChI is InChI=1S/C15H19NO2/c1-4-5-6-12-10(2)16(3)14-8-7-11(15(17)18)9-13(12)14/h7-9H,4-6H2,1-3H3,(H,17,18). The third kappa shape index (κ3) is 2.01. The lowest BCUT2D eigenvalue weighted by Gasteiger charge is -2.01. The van der Waals surface area contributed by atoms with Crippen molar-refractivity contribution >= 4 is 16.9 Å². The Hall–Kier alpha value is -1.77. The first-order chi connectivity index (χ1) is 8.56. The molecule has 0 spiro atoms. The lowest BCUT2D eigenvalue weighted by Crippen LogP contribution is -1.95. The first-order valence-corrected chi connectivity index (χ1v) is 6.37. The third-order valence-electron chi connectivity index (χ3n) is 3.65. The van der Waals surface area contributed by atoms with E-state index in [0.717, 1.165) is 30.2 Å². The molecule has 0 radical (unpaired) electrons. The minimum atomic E-state index is -0.861. The number of nitrogens with zero attached hydrogens (tertiary/aromatic N) is 1. The van der Waals surface area contributed by atoms with E-state index in [0.29, 0.717) is 5.56 Å². The van der Waals surface area contributed by atoms with Gasteiger partial charge < -0.3 is 9.67 Å². The maximum absolute atomic E-state index is 11.1. The molecule has 2 aromatic rings. The minimum Gasteiger partial charge on any atom is -0.478 e. The van der Waals surface area contributed by atoms with Gasteiger partial charge in [0, 0.05) is 23.6 Å². The van der Waals surface area contributed by atoms with Crippen molar-refractivity contribution in [1.29, 1.82) is 0 Å². The Morgan fingerprint density at radius 2 is 2.11 bits per heavy atom. The molecular formula is C15H19NO2. The van der Waals surface area contributed by atoms with Gasteiger partial charge in [-0.1, -0.05) is 13.3 Å². The SMILES string of the molecule is CCCCc1c(C)n(C)c2ccc(C(=O)O)cc12. The number of aromatic carboxylic acids is 1. The van der Waals surface area contributed by atoms with Gasteiger partial charge in [-0.25, -0.2) is 4.79 Å². The summed E-state index contributed by atoms with van der Waals surface area (Å²) in [5, 5.41) is 10.2. The monoisotopic (exact) mass is 245 g/mol. The van der Waals surface area contributed by atoms with E-state index in [1.165, 1.54) is 11.3 Å². The maximum Gasteiger partial charge on any atom is 0.335 e. The highest BCUT2D eigenvalue weighted by molar-refractivity contribution is 5.95. The normalized spacial score (nSPS) is 11.1. The smallest absolute Gasteiger partial charge is 0.335 e. The number of hydrogen-bond donors (Lipinski definition) is 1. The number of carbonyl (C=O) groups is 1. The van der Waals surface area contributed by atoms with Crippen LogP contribution in [0.5, 0.6) is 0 Å². The van der Waals surface area contributed by atoms with E-state index < -0.39 is 5.97 Å². The molecule has 1 heterocycles. The lowest BCUT2D eigenvalue weighted by atomic mass is 10.0. The molecule has 0 saturated heterocycles. The van der Waals surface area contributed by atoms with Crippen LogP contribution < -0.4 is 0 Å².